The van der Waals surface area contributed by atoms with Crippen LogP contribution in [0.4, 0.5) is 5.69 Å². The maximum Gasteiger partial charge on any atom is 0.0669 e. The highest BCUT2D eigenvalue weighted by atomic mass is 15.2. The zero-order valence-corrected chi connectivity index (χ0v) is 12.3. The molecule has 106 valence electrons. The average Bonchev–Trinajstić information content (AvgIpc) is 2.96. The minimum absolute atomic E-state index is 0.254. The molecule has 3 nitrogen and oxygen atoms in total. The lowest BCUT2D eigenvalue weighted by Gasteiger charge is -2.39. The SMILES string of the molecule is Cc1cccc(N2CCCC(N3CCC(C#N)C3)C2)c1. The van der Waals surface area contributed by atoms with Crippen LogP contribution < -0.4 is 4.90 Å². The Labute approximate surface area is 121 Å². The number of hydrogen-bond acceptors (Lipinski definition) is 3. The van der Waals surface area contributed by atoms with E-state index in [4.69, 9.17) is 5.26 Å². The van der Waals surface area contributed by atoms with Gasteiger partial charge in [0.05, 0.1) is 12.0 Å². The van der Waals surface area contributed by atoms with Crippen LogP contribution in [0, 0.1) is 24.2 Å². The molecule has 3 heteroatoms. The van der Waals surface area contributed by atoms with Crippen molar-refractivity contribution in [3.8, 4) is 6.07 Å². The van der Waals surface area contributed by atoms with Crippen LogP contribution in [0.25, 0.3) is 0 Å². The number of hydrogen-bond donors (Lipinski definition) is 0. The number of aryl methyl sites for hydroxylation is 1. The first-order valence-corrected chi connectivity index (χ1v) is 7.71. The van der Waals surface area contributed by atoms with Gasteiger partial charge >= 0.3 is 0 Å². The van der Waals surface area contributed by atoms with E-state index in [1.54, 1.807) is 0 Å². The Morgan fingerprint density at radius 3 is 2.85 bits per heavy atom. The number of nitrogens with zero attached hydrogens (tertiary/aromatic N) is 3. The lowest BCUT2D eigenvalue weighted by Crippen LogP contribution is -2.47. The molecule has 2 aliphatic heterocycles. The molecule has 2 aliphatic rings. The first kappa shape index (κ1) is 13.5. The Morgan fingerprint density at radius 1 is 1.20 bits per heavy atom. The predicted octanol–water partition coefficient (Wildman–Crippen LogP) is 2.81. The number of rotatable bonds is 2. The van der Waals surface area contributed by atoms with Gasteiger partial charge in [-0.1, -0.05) is 12.1 Å². The molecule has 0 amide bonds. The second kappa shape index (κ2) is 5.85. The fraction of sp³-hybridized carbons (Fsp3) is 0.588. The molecule has 0 saturated carbocycles. The topological polar surface area (TPSA) is 30.3 Å². The molecule has 20 heavy (non-hydrogen) atoms. The third-order valence-electron chi connectivity index (χ3n) is 4.68. The Morgan fingerprint density at radius 2 is 2.10 bits per heavy atom. The van der Waals surface area contributed by atoms with Crippen LogP contribution in [0.1, 0.15) is 24.8 Å². The van der Waals surface area contributed by atoms with Crippen LogP contribution >= 0.6 is 0 Å². The predicted molar refractivity (Wildman–Crippen MR) is 81.7 cm³/mol. The zero-order chi connectivity index (χ0) is 13.9. The standard InChI is InChI=1S/C17H23N3/c1-14-4-2-5-16(10-14)19-8-3-6-17(13-19)20-9-7-15(11-18)12-20/h2,4-5,10,15,17H,3,6-9,12-13H2,1H3. The summed E-state index contributed by atoms with van der Waals surface area (Å²) >= 11 is 0. The fourth-order valence-corrected chi connectivity index (χ4v) is 3.54. The molecule has 1 aromatic rings. The number of benzene rings is 1. The molecule has 0 aromatic heterocycles. The second-order valence-electron chi connectivity index (χ2n) is 6.19. The molecule has 2 heterocycles. The van der Waals surface area contributed by atoms with E-state index < -0.39 is 0 Å². The Hall–Kier alpha value is -1.53. The highest BCUT2D eigenvalue weighted by Crippen LogP contribution is 2.26. The summed E-state index contributed by atoms with van der Waals surface area (Å²) in [4.78, 5) is 5.05. The largest absolute Gasteiger partial charge is 0.370 e. The van der Waals surface area contributed by atoms with Crippen molar-refractivity contribution >= 4 is 5.69 Å². The fourth-order valence-electron chi connectivity index (χ4n) is 3.54. The van der Waals surface area contributed by atoms with Crippen molar-refractivity contribution in [1.82, 2.24) is 4.90 Å². The summed E-state index contributed by atoms with van der Waals surface area (Å²) in [6.07, 6.45) is 3.59. The van der Waals surface area contributed by atoms with E-state index in [9.17, 15) is 0 Å². The molecular formula is C17H23N3. The number of piperidine rings is 1. The molecule has 1 aromatic carbocycles. The van der Waals surface area contributed by atoms with Crippen molar-refractivity contribution < 1.29 is 0 Å². The minimum atomic E-state index is 0.254. The van der Waals surface area contributed by atoms with Crippen LogP contribution in [0.2, 0.25) is 0 Å². The quantitative estimate of drug-likeness (QED) is 0.827. The maximum atomic E-state index is 9.06. The summed E-state index contributed by atoms with van der Waals surface area (Å²) in [6, 6.07) is 11.9. The molecule has 2 saturated heterocycles. The van der Waals surface area contributed by atoms with Crippen LogP contribution in [0.3, 0.4) is 0 Å². The molecule has 0 N–H and O–H groups in total. The van der Waals surface area contributed by atoms with Crippen molar-refractivity contribution in [3.05, 3.63) is 29.8 Å². The zero-order valence-electron chi connectivity index (χ0n) is 12.3. The molecule has 0 radical (unpaired) electrons. The maximum absolute atomic E-state index is 9.06. The van der Waals surface area contributed by atoms with E-state index in [1.165, 1.54) is 24.1 Å². The van der Waals surface area contributed by atoms with Crippen LogP contribution in [0.15, 0.2) is 24.3 Å². The smallest absolute Gasteiger partial charge is 0.0669 e. The van der Waals surface area contributed by atoms with E-state index in [0.29, 0.717) is 6.04 Å². The van der Waals surface area contributed by atoms with Gasteiger partial charge in [0.2, 0.25) is 0 Å². The van der Waals surface area contributed by atoms with Crippen LogP contribution in [-0.4, -0.2) is 37.1 Å². The van der Waals surface area contributed by atoms with Crippen molar-refractivity contribution in [2.45, 2.75) is 32.2 Å². The first-order chi connectivity index (χ1) is 9.76. The van der Waals surface area contributed by atoms with Crippen molar-refractivity contribution in [1.29, 1.82) is 5.26 Å². The second-order valence-corrected chi connectivity index (χ2v) is 6.19. The lowest BCUT2D eigenvalue weighted by atomic mass is 10.0. The van der Waals surface area contributed by atoms with E-state index in [2.05, 4.69) is 47.1 Å². The van der Waals surface area contributed by atoms with Gasteiger partial charge in [-0.2, -0.15) is 5.26 Å². The summed E-state index contributed by atoms with van der Waals surface area (Å²) < 4.78 is 0. The molecule has 2 fully saturated rings. The first-order valence-electron chi connectivity index (χ1n) is 7.71. The normalized spacial score (nSPS) is 27.5. The van der Waals surface area contributed by atoms with Gasteiger partial charge in [0, 0.05) is 31.4 Å². The highest BCUT2D eigenvalue weighted by Gasteiger charge is 2.31. The van der Waals surface area contributed by atoms with E-state index in [0.717, 1.165) is 32.6 Å². The van der Waals surface area contributed by atoms with Gasteiger partial charge in [-0.3, -0.25) is 4.90 Å². The monoisotopic (exact) mass is 269 g/mol. The van der Waals surface area contributed by atoms with Gasteiger partial charge in [-0.05, 0) is 50.4 Å². The Bertz CT molecular complexity index is 505. The van der Waals surface area contributed by atoms with Crippen LogP contribution in [0.5, 0.6) is 0 Å². The van der Waals surface area contributed by atoms with Crippen molar-refractivity contribution in [2.75, 3.05) is 31.1 Å². The van der Waals surface area contributed by atoms with Gasteiger partial charge < -0.3 is 4.90 Å². The molecule has 2 unspecified atom stereocenters. The van der Waals surface area contributed by atoms with Crippen molar-refractivity contribution in [3.63, 3.8) is 0 Å². The van der Waals surface area contributed by atoms with E-state index in [1.807, 2.05) is 0 Å². The van der Waals surface area contributed by atoms with Gasteiger partial charge in [0.1, 0.15) is 0 Å². The van der Waals surface area contributed by atoms with Gasteiger partial charge in [0.25, 0.3) is 0 Å². The van der Waals surface area contributed by atoms with E-state index in [-0.39, 0.29) is 5.92 Å². The third kappa shape index (κ3) is 2.81. The number of likely N-dealkylation sites (tertiary alicyclic amines) is 1. The molecule has 3 rings (SSSR count). The summed E-state index contributed by atoms with van der Waals surface area (Å²) in [5.41, 5.74) is 2.68. The number of nitriles is 1. The Kier molecular flexibility index (Phi) is 3.93. The highest BCUT2D eigenvalue weighted by molar-refractivity contribution is 5.49. The molecule has 0 aliphatic carbocycles. The summed E-state index contributed by atoms with van der Waals surface area (Å²) in [5, 5.41) is 9.06. The summed E-state index contributed by atoms with van der Waals surface area (Å²) in [5.74, 6) is 0.254. The van der Waals surface area contributed by atoms with Gasteiger partial charge in [0.15, 0.2) is 0 Å². The molecular weight excluding hydrogens is 246 g/mol. The Balaban J connectivity index is 1.67. The molecule has 0 bridgehead atoms. The third-order valence-corrected chi connectivity index (χ3v) is 4.68. The molecule has 2 atom stereocenters. The minimum Gasteiger partial charge on any atom is -0.370 e. The summed E-state index contributed by atoms with van der Waals surface area (Å²) in [7, 11) is 0. The van der Waals surface area contributed by atoms with Gasteiger partial charge in [-0.15, -0.1) is 0 Å². The number of anilines is 1. The average molecular weight is 269 g/mol. The summed E-state index contributed by atoms with van der Waals surface area (Å²) in [6.45, 7) is 6.51. The van der Waals surface area contributed by atoms with Crippen LogP contribution in [-0.2, 0) is 0 Å². The van der Waals surface area contributed by atoms with E-state index >= 15 is 0 Å². The van der Waals surface area contributed by atoms with Gasteiger partial charge in [-0.25, -0.2) is 0 Å². The lowest BCUT2D eigenvalue weighted by molar-refractivity contribution is 0.212. The molecule has 0 spiro atoms. The van der Waals surface area contributed by atoms with Crippen molar-refractivity contribution in [2.24, 2.45) is 5.92 Å².